The molecule has 0 aromatic carbocycles. The van der Waals surface area contributed by atoms with Crippen LogP contribution in [0.4, 0.5) is 0 Å². The zero-order valence-electron chi connectivity index (χ0n) is 11.3. The van der Waals surface area contributed by atoms with Gasteiger partial charge in [-0.05, 0) is 12.8 Å². The van der Waals surface area contributed by atoms with Gasteiger partial charge in [0.1, 0.15) is 0 Å². The third-order valence-corrected chi connectivity index (χ3v) is 4.82. The number of hydrogen-bond donors (Lipinski definition) is 3. The maximum Gasteiger partial charge on any atom is 0.328 e. The summed E-state index contributed by atoms with van der Waals surface area (Å²) in [7, 11) is -5.10. The minimum Gasteiger partial charge on any atom is -0.481 e. The van der Waals surface area contributed by atoms with Crippen molar-refractivity contribution in [2.75, 3.05) is 0 Å². The van der Waals surface area contributed by atoms with Gasteiger partial charge in [0, 0.05) is 0 Å². The van der Waals surface area contributed by atoms with E-state index in [2.05, 4.69) is 6.58 Å². The quantitative estimate of drug-likeness (QED) is 0.317. The fourth-order valence-corrected chi connectivity index (χ4v) is 3.32. The van der Waals surface area contributed by atoms with Crippen LogP contribution in [0.3, 0.4) is 0 Å². The van der Waals surface area contributed by atoms with Crippen LogP contribution in [0, 0.1) is 5.92 Å². The van der Waals surface area contributed by atoms with Crippen LogP contribution in [0.1, 0.15) is 39.0 Å². The van der Waals surface area contributed by atoms with Crippen molar-refractivity contribution in [1.29, 1.82) is 0 Å². The van der Waals surface area contributed by atoms with Gasteiger partial charge in [0.2, 0.25) is 4.75 Å². The zero-order valence-corrected chi connectivity index (χ0v) is 12.1. The van der Waals surface area contributed by atoms with Crippen LogP contribution < -0.4 is 0 Å². The van der Waals surface area contributed by atoms with E-state index in [0.29, 0.717) is 12.8 Å². The molecule has 3 N–H and O–H groups in total. The first-order valence-corrected chi connectivity index (χ1v) is 7.63. The standard InChI is InChI=1S/C12H20O7S/c1-3-5-6-8-12(11(15)16,20(17,18)19)9(7-4-2)10(13)14/h4,9H,2-3,5-8H2,1H3,(H,13,14)(H,15,16)(H,17,18,19). The van der Waals surface area contributed by atoms with E-state index in [-0.39, 0.29) is 12.8 Å². The predicted molar refractivity (Wildman–Crippen MR) is 72.0 cm³/mol. The molecule has 7 nitrogen and oxygen atoms in total. The predicted octanol–water partition coefficient (Wildman–Crippen LogP) is 1.55. The molecule has 2 unspecified atom stereocenters. The molecule has 0 aromatic rings. The van der Waals surface area contributed by atoms with Crippen LogP contribution in [0.25, 0.3) is 0 Å². The first kappa shape index (κ1) is 18.6. The van der Waals surface area contributed by atoms with E-state index in [1.807, 2.05) is 6.92 Å². The van der Waals surface area contributed by atoms with Crippen molar-refractivity contribution in [3.8, 4) is 0 Å². The van der Waals surface area contributed by atoms with E-state index < -0.39 is 39.1 Å². The smallest absolute Gasteiger partial charge is 0.328 e. The van der Waals surface area contributed by atoms with Crippen molar-refractivity contribution in [1.82, 2.24) is 0 Å². The lowest BCUT2D eigenvalue weighted by molar-refractivity contribution is -0.152. The minimum atomic E-state index is -5.10. The topological polar surface area (TPSA) is 129 Å². The van der Waals surface area contributed by atoms with Crippen molar-refractivity contribution >= 4 is 22.1 Å². The van der Waals surface area contributed by atoms with Gasteiger partial charge >= 0.3 is 11.9 Å². The Morgan fingerprint density at radius 1 is 1.30 bits per heavy atom. The Morgan fingerprint density at radius 2 is 1.85 bits per heavy atom. The summed E-state index contributed by atoms with van der Waals surface area (Å²) < 4.78 is 29.8. The second-order valence-corrected chi connectivity index (χ2v) is 6.22. The van der Waals surface area contributed by atoms with Gasteiger partial charge in [-0.2, -0.15) is 8.42 Å². The Hall–Kier alpha value is -1.41. The monoisotopic (exact) mass is 308 g/mol. The molecule has 8 heteroatoms. The molecule has 116 valence electrons. The van der Waals surface area contributed by atoms with Gasteiger partial charge in [0.15, 0.2) is 0 Å². The molecule has 0 radical (unpaired) electrons. The number of allylic oxidation sites excluding steroid dienone is 1. The average Bonchev–Trinajstić information content (AvgIpc) is 2.30. The van der Waals surface area contributed by atoms with E-state index in [4.69, 9.17) is 5.11 Å². The molecular formula is C12H20O7S. The summed E-state index contributed by atoms with van der Waals surface area (Å²) in [5, 5.41) is 18.4. The number of hydrogen-bond acceptors (Lipinski definition) is 4. The number of carbonyl (C=O) groups is 2. The zero-order chi connectivity index (χ0) is 16.0. The molecule has 0 aliphatic rings. The molecule has 0 amide bonds. The second-order valence-electron chi connectivity index (χ2n) is 4.54. The van der Waals surface area contributed by atoms with E-state index >= 15 is 0 Å². The summed E-state index contributed by atoms with van der Waals surface area (Å²) >= 11 is 0. The molecule has 2 atom stereocenters. The van der Waals surface area contributed by atoms with Gasteiger partial charge in [-0.15, -0.1) is 6.58 Å². The fraction of sp³-hybridized carbons (Fsp3) is 0.667. The van der Waals surface area contributed by atoms with Crippen molar-refractivity contribution in [2.24, 2.45) is 5.92 Å². The largest absolute Gasteiger partial charge is 0.481 e. The summed E-state index contributed by atoms with van der Waals surface area (Å²) in [4.78, 5) is 22.7. The van der Waals surface area contributed by atoms with E-state index in [1.54, 1.807) is 0 Å². The Balaban J connectivity index is 5.90. The van der Waals surface area contributed by atoms with Crippen molar-refractivity contribution in [2.45, 2.75) is 43.8 Å². The van der Waals surface area contributed by atoms with Crippen LogP contribution in [-0.2, 0) is 19.7 Å². The highest BCUT2D eigenvalue weighted by Crippen LogP contribution is 2.35. The molecule has 0 aliphatic carbocycles. The number of unbranched alkanes of at least 4 members (excludes halogenated alkanes) is 2. The van der Waals surface area contributed by atoms with E-state index in [9.17, 15) is 27.7 Å². The van der Waals surface area contributed by atoms with Crippen molar-refractivity contribution < 1.29 is 32.8 Å². The molecule has 0 heterocycles. The maximum atomic E-state index is 11.6. The Bertz CT molecular complexity index is 468. The van der Waals surface area contributed by atoms with Gasteiger partial charge in [-0.25, -0.2) is 0 Å². The normalized spacial score (nSPS) is 16.1. The van der Waals surface area contributed by atoms with E-state index in [1.165, 1.54) is 0 Å². The highest BCUT2D eigenvalue weighted by molar-refractivity contribution is 7.88. The van der Waals surface area contributed by atoms with Crippen LogP contribution in [0.5, 0.6) is 0 Å². The van der Waals surface area contributed by atoms with Crippen LogP contribution in [-0.4, -0.2) is 39.9 Å². The van der Waals surface area contributed by atoms with Crippen LogP contribution >= 0.6 is 0 Å². The lowest BCUT2D eigenvalue weighted by Gasteiger charge is -2.31. The fourth-order valence-electron chi connectivity index (χ4n) is 2.14. The molecule has 0 bridgehead atoms. The second kappa shape index (κ2) is 7.39. The van der Waals surface area contributed by atoms with E-state index in [0.717, 1.165) is 6.08 Å². The minimum absolute atomic E-state index is 0.184. The van der Waals surface area contributed by atoms with Gasteiger partial charge in [-0.3, -0.25) is 14.1 Å². The molecular weight excluding hydrogens is 288 g/mol. The molecule has 0 saturated heterocycles. The molecule has 0 saturated carbocycles. The van der Waals surface area contributed by atoms with Gasteiger partial charge < -0.3 is 10.2 Å². The maximum absolute atomic E-state index is 11.6. The summed E-state index contributed by atoms with van der Waals surface area (Å²) in [6, 6.07) is 0. The average molecular weight is 308 g/mol. The van der Waals surface area contributed by atoms with Crippen molar-refractivity contribution in [3.63, 3.8) is 0 Å². The lowest BCUT2D eigenvalue weighted by Crippen LogP contribution is -2.54. The molecule has 0 aromatic heterocycles. The van der Waals surface area contributed by atoms with Crippen LogP contribution in [0.2, 0.25) is 0 Å². The summed E-state index contributed by atoms with van der Waals surface area (Å²) in [6.45, 7) is 5.13. The highest BCUT2D eigenvalue weighted by Gasteiger charge is 2.58. The van der Waals surface area contributed by atoms with Gasteiger partial charge in [0.05, 0.1) is 5.92 Å². The number of aliphatic carboxylic acids is 2. The Kier molecular flexibility index (Phi) is 6.87. The number of carboxylic acids is 2. The van der Waals surface area contributed by atoms with Gasteiger partial charge in [0.25, 0.3) is 10.1 Å². The lowest BCUT2D eigenvalue weighted by atomic mass is 9.84. The first-order chi connectivity index (χ1) is 9.15. The number of carboxylic acid groups (broad SMARTS) is 2. The Morgan fingerprint density at radius 3 is 2.15 bits per heavy atom. The third-order valence-electron chi connectivity index (χ3n) is 3.24. The van der Waals surface area contributed by atoms with Crippen molar-refractivity contribution in [3.05, 3.63) is 12.7 Å². The molecule has 0 rings (SSSR count). The summed E-state index contributed by atoms with van der Waals surface area (Å²) in [5.74, 6) is -5.24. The SMILES string of the molecule is C=CCC(C(=O)O)C(CCCCC)(C(=O)O)S(=O)(=O)O. The molecule has 0 aliphatic heterocycles. The third kappa shape index (κ3) is 3.80. The van der Waals surface area contributed by atoms with Crippen LogP contribution in [0.15, 0.2) is 12.7 Å². The van der Waals surface area contributed by atoms with Gasteiger partial charge in [-0.1, -0.05) is 32.3 Å². The molecule has 0 spiro atoms. The first-order valence-electron chi connectivity index (χ1n) is 6.19. The summed E-state index contributed by atoms with van der Waals surface area (Å²) in [6.07, 6.45) is 1.71. The number of rotatable bonds is 10. The Labute approximate surface area is 118 Å². The molecule has 0 fully saturated rings. The highest BCUT2D eigenvalue weighted by atomic mass is 32.2. The molecule has 20 heavy (non-hydrogen) atoms. The summed E-state index contributed by atoms with van der Waals surface area (Å²) in [5.41, 5.74) is 0.